The van der Waals surface area contributed by atoms with E-state index in [2.05, 4.69) is 40.3 Å². The lowest BCUT2D eigenvalue weighted by molar-refractivity contribution is 0.723. The minimum Gasteiger partial charge on any atom is -0.329 e. The molecular weight excluding hydrogens is 222 g/mol. The van der Waals surface area contributed by atoms with Crippen LogP contribution in [0.3, 0.4) is 0 Å². The van der Waals surface area contributed by atoms with E-state index in [1.807, 2.05) is 37.5 Å². The number of anilines is 2. The summed E-state index contributed by atoms with van der Waals surface area (Å²) in [6.45, 7) is 3.91. The molecule has 0 amide bonds. The van der Waals surface area contributed by atoms with Crippen LogP contribution in [0.4, 0.5) is 11.5 Å². The number of para-hydroxylation sites is 1. The Labute approximate surface area is 108 Å². The lowest BCUT2D eigenvalue weighted by Crippen LogP contribution is -2.18. The van der Waals surface area contributed by atoms with Gasteiger partial charge in [0.25, 0.3) is 0 Å². The summed E-state index contributed by atoms with van der Waals surface area (Å²) in [6.07, 6.45) is 1.84. The van der Waals surface area contributed by atoms with Crippen LogP contribution in [0.5, 0.6) is 0 Å². The summed E-state index contributed by atoms with van der Waals surface area (Å²) in [4.78, 5) is 6.61. The van der Waals surface area contributed by atoms with Gasteiger partial charge in [0, 0.05) is 31.0 Å². The van der Waals surface area contributed by atoms with E-state index in [0.717, 1.165) is 24.6 Å². The molecule has 0 atom stereocenters. The van der Waals surface area contributed by atoms with Crippen molar-refractivity contribution in [1.82, 2.24) is 10.3 Å². The largest absolute Gasteiger partial charge is 0.329 e. The maximum absolute atomic E-state index is 4.49. The maximum atomic E-state index is 4.49. The molecule has 0 saturated heterocycles. The average Bonchev–Trinajstić information content (AvgIpc) is 2.45. The fourth-order valence-electron chi connectivity index (χ4n) is 1.90. The van der Waals surface area contributed by atoms with Crippen molar-refractivity contribution in [2.45, 2.75) is 13.5 Å². The summed E-state index contributed by atoms with van der Waals surface area (Å²) in [5.41, 5.74) is 2.36. The Morgan fingerprint density at radius 1 is 1.11 bits per heavy atom. The smallest absolute Gasteiger partial charge is 0.137 e. The quantitative estimate of drug-likeness (QED) is 0.872. The van der Waals surface area contributed by atoms with Crippen molar-refractivity contribution in [1.29, 1.82) is 0 Å². The van der Waals surface area contributed by atoms with E-state index in [4.69, 9.17) is 0 Å². The van der Waals surface area contributed by atoms with Gasteiger partial charge in [0.1, 0.15) is 5.82 Å². The molecule has 0 saturated carbocycles. The molecule has 0 bridgehead atoms. The first-order valence-electron chi connectivity index (χ1n) is 6.26. The number of benzene rings is 1. The van der Waals surface area contributed by atoms with Crippen LogP contribution in [0.2, 0.25) is 0 Å². The highest BCUT2D eigenvalue weighted by Crippen LogP contribution is 2.24. The second-order valence-electron chi connectivity index (χ2n) is 4.16. The molecule has 1 heterocycles. The van der Waals surface area contributed by atoms with Crippen LogP contribution in [0.1, 0.15) is 12.5 Å². The molecule has 1 aromatic carbocycles. The van der Waals surface area contributed by atoms with Gasteiger partial charge in [-0.2, -0.15) is 0 Å². The monoisotopic (exact) mass is 241 g/mol. The standard InChI is InChI=1S/C15H19N3/c1-3-16-12-13-8-7-11-17-15(13)18(2)14-9-5-4-6-10-14/h4-11,16H,3,12H2,1-2H3. The van der Waals surface area contributed by atoms with Crippen molar-refractivity contribution in [3.63, 3.8) is 0 Å². The lowest BCUT2D eigenvalue weighted by atomic mass is 10.2. The normalized spacial score (nSPS) is 10.3. The van der Waals surface area contributed by atoms with E-state index < -0.39 is 0 Å². The highest BCUT2D eigenvalue weighted by atomic mass is 15.2. The van der Waals surface area contributed by atoms with Crippen LogP contribution in [0, 0.1) is 0 Å². The van der Waals surface area contributed by atoms with Crippen LogP contribution >= 0.6 is 0 Å². The Morgan fingerprint density at radius 2 is 1.89 bits per heavy atom. The second kappa shape index (κ2) is 6.17. The number of pyridine rings is 1. The molecule has 0 radical (unpaired) electrons. The zero-order valence-electron chi connectivity index (χ0n) is 10.9. The van der Waals surface area contributed by atoms with Gasteiger partial charge in [-0.1, -0.05) is 31.2 Å². The van der Waals surface area contributed by atoms with Crippen molar-refractivity contribution in [3.05, 3.63) is 54.2 Å². The van der Waals surface area contributed by atoms with Crippen LogP contribution in [-0.4, -0.2) is 18.6 Å². The van der Waals surface area contributed by atoms with Crippen molar-refractivity contribution in [2.24, 2.45) is 0 Å². The summed E-state index contributed by atoms with van der Waals surface area (Å²) < 4.78 is 0. The van der Waals surface area contributed by atoms with E-state index in [1.165, 1.54) is 5.56 Å². The zero-order chi connectivity index (χ0) is 12.8. The Balaban J connectivity index is 2.27. The molecule has 0 spiro atoms. The summed E-state index contributed by atoms with van der Waals surface area (Å²) in [5, 5.41) is 3.34. The molecule has 1 N–H and O–H groups in total. The van der Waals surface area contributed by atoms with Gasteiger partial charge in [-0.15, -0.1) is 0 Å². The molecule has 0 aliphatic carbocycles. The molecule has 2 aromatic rings. The second-order valence-corrected chi connectivity index (χ2v) is 4.16. The minimum atomic E-state index is 0.844. The third kappa shape index (κ3) is 2.87. The highest BCUT2D eigenvalue weighted by Gasteiger charge is 2.09. The molecule has 0 aliphatic rings. The Hall–Kier alpha value is -1.87. The van der Waals surface area contributed by atoms with Gasteiger partial charge >= 0.3 is 0 Å². The van der Waals surface area contributed by atoms with Crippen molar-refractivity contribution in [3.8, 4) is 0 Å². The molecule has 3 heteroatoms. The van der Waals surface area contributed by atoms with Gasteiger partial charge in [0.05, 0.1) is 0 Å². The predicted molar refractivity (Wildman–Crippen MR) is 76.1 cm³/mol. The van der Waals surface area contributed by atoms with Gasteiger partial charge in [-0.05, 0) is 24.7 Å². The zero-order valence-corrected chi connectivity index (χ0v) is 10.9. The van der Waals surface area contributed by atoms with Crippen LogP contribution in [-0.2, 0) is 6.54 Å². The number of rotatable bonds is 5. The Kier molecular flexibility index (Phi) is 4.31. The first-order chi connectivity index (χ1) is 8.83. The molecule has 0 unspecified atom stereocenters. The van der Waals surface area contributed by atoms with Crippen LogP contribution in [0.25, 0.3) is 0 Å². The molecule has 18 heavy (non-hydrogen) atoms. The van der Waals surface area contributed by atoms with Crippen molar-refractivity contribution >= 4 is 11.5 Å². The molecule has 1 aromatic heterocycles. The molecule has 3 nitrogen and oxygen atoms in total. The number of nitrogens with zero attached hydrogens (tertiary/aromatic N) is 2. The lowest BCUT2D eigenvalue weighted by Gasteiger charge is -2.21. The fourth-order valence-corrected chi connectivity index (χ4v) is 1.90. The van der Waals surface area contributed by atoms with E-state index in [-0.39, 0.29) is 0 Å². The van der Waals surface area contributed by atoms with E-state index >= 15 is 0 Å². The molecule has 0 aliphatic heterocycles. The molecule has 0 fully saturated rings. The Morgan fingerprint density at radius 3 is 2.61 bits per heavy atom. The summed E-state index contributed by atoms with van der Waals surface area (Å²) in [7, 11) is 2.05. The Bertz CT molecular complexity index is 482. The predicted octanol–water partition coefficient (Wildman–Crippen LogP) is 2.96. The third-order valence-electron chi connectivity index (χ3n) is 2.89. The summed E-state index contributed by atoms with van der Waals surface area (Å²) >= 11 is 0. The fraction of sp³-hybridized carbons (Fsp3) is 0.267. The van der Waals surface area contributed by atoms with Gasteiger partial charge in [0.2, 0.25) is 0 Å². The van der Waals surface area contributed by atoms with E-state index in [1.54, 1.807) is 0 Å². The van der Waals surface area contributed by atoms with Gasteiger partial charge in [-0.3, -0.25) is 0 Å². The van der Waals surface area contributed by atoms with Crippen molar-refractivity contribution < 1.29 is 0 Å². The van der Waals surface area contributed by atoms with Crippen molar-refractivity contribution in [2.75, 3.05) is 18.5 Å². The van der Waals surface area contributed by atoms with Crippen LogP contribution < -0.4 is 10.2 Å². The number of hydrogen-bond acceptors (Lipinski definition) is 3. The number of nitrogens with one attached hydrogen (secondary N) is 1. The third-order valence-corrected chi connectivity index (χ3v) is 2.89. The highest BCUT2D eigenvalue weighted by molar-refractivity contribution is 5.61. The SMILES string of the molecule is CCNCc1cccnc1N(C)c1ccccc1. The van der Waals surface area contributed by atoms with Gasteiger partial charge in [-0.25, -0.2) is 4.98 Å². The molecule has 94 valence electrons. The number of hydrogen-bond donors (Lipinski definition) is 1. The summed E-state index contributed by atoms with van der Waals surface area (Å²) in [5.74, 6) is 1.00. The number of aromatic nitrogens is 1. The van der Waals surface area contributed by atoms with E-state index in [9.17, 15) is 0 Å². The average molecular weight is 241 g/mol. The first kappa shape index (κ1) is 12.6. The van der Waals surface area contributed by atoms with Gasteiger partial charge < -0.3 is 10.2 Å². The van der Waals surface area contributed by atoms with Crippen LogP contribution in [0.15, 0.2) is 48.7 Å². The van der Waals surface area contributed by atoms with E-state index in [0.29, 0.717) is 0 Å². The minimum absolute atomic E-state index is 0.844. The van der Waals surface area contributed by atoms with Gasteiger partial charge in [0.15, 0.2) is 0 Å². The topological polar surface area (TPSA) is 28.2 Å². The summed E-state index contributed by atoms with van der Waals surface area (Å²) in [6, 6.07) is 14.4. The first-order valence-corrected chi connectivity index (χ1v) is 6.26. The maximum Gasteiger partial charge on any atom is 0.137 e. The molecular formula is C15H19N3. The molecule has 2 rings (SSSR count).